The van der Waals surface area contributed by atoms with Crippen LogP contribution in [0.25, 0.3) is 10.7 Å². The van der Waals surface area contributed by atoms with Gasteiger partial charge in [0.25, 0.3) is 0 Å². The van der Waals surface area contributed by atoms with Crippen LogP contribution in [0, 0.1) is 0 Å². The fourth-order valence-electron chi connectivity index (χ4n) is 1.85. The predicted molar refractivity (Wildman–Crippen MR) is 78.6 cm³/mol. The second-order valence-electron chi connectivity index (χ2n) is 4.25. The van der Waals surface area contributed by atoms with Crippen LogP contribution in [-0.4, -0.2) is 21.7 Å². The van der Waals surface area contributed by atoms with Crippen LogP contribution in [0.3, 0.4) is 0 Å². The van der Waals surface area contributed by atoms with E-state index in [0.717, 1.165) is 34.5 Å². The molecule has 0 amide bonds. The van der Waals surface area contributed by atoms with E-state index in [2.05, 4.69) is 27.0 Å². The fraction of sp³-hybridized carbons (Fsp3) is 0.214. The first-order valence-electron chi connectivity index (χ1n) is 6.37. The number of anilines is 1. The SMILES string of the molecule is CCN(Cc1ccoc1)c1nnc(-c2ccccn2)s1. The number of furan rings is 1. The van der Waals surface area contributed by atoms with Crippen LogP contribution >= 0.6 is 11.3 Å². The minimum absolute atomic E-state index is 0.768. The number of hydrogen-bond acceptors (Lipinski definition) is 6. The molecular weight excluding hydrogens is 272 g/mol. The smallest absolute Gasteiger partial charge is 0.208 e. The van der Waals surface area contributed by atoms with Crippen LogP contribution in [0.15, 0.2) is 47.4 Å². The Bertz CT molecular complexity index is 651. The lowest BCUT2D eigenvalue weighted by atomic mass is 10.3. The van der Waals surface area contributed by atoms with E-state index < -0.39 is 0 Å². The molecular formula is C14H14N4OS. The molecule has 5 nitrogen and oxygen atoms in total. The highest BCUT2D eigenvalue weighted by Gasteiger charge is 2.13. The van der Waals surface area contributed by atoms with Crippen molar-refractivity contribution < 1.29 is 4.42 Å². The van der Waals surface area contributed by atoms with Gasteiger partial charge in [0.05, 0.1) is 12.5 Å². The molecule has 0 saturated heterocycles. The molecule has 102 valence electrons. The van der Waals surface area contributed by atoms with Gasteiger partial charge >= 0.3 is 0 Å². The maximum absolute atomic E-state index is 5.10. The molecule has 3 rings (SSSR count). The van der Waals surface area contributed by atoms with E-state index in [1.165, 1.54) is 0 Å². The summed E-state index contributed by atoms with van der Waals surface area (Å²) in [5.41, 5.74) is 1.98. The normalized spacial score (nSPS) is 10.7. The first kappa shape index (κ1) is 12.8. The Morgan fingerprint density at radius 2 is 2.20 bits per heavy atom. The van der Waals surface area contributed by atoms with Crippen molar-refractivity contribution in [3.05, 3.63) is 48.6 Å². The lowest BCUT2D eigenvalue weighted by Crippen LogP contribution is -2.21. The largest absolute Gasteiger partial charge is 0.472 e. The Morgan fingerprint density at radius 3 is 2.90 bits per heavy atom. The highest BCUT2D eigenvalue weighted by Crippen LogP contribution is 2.28. The topological polar surface area (TPSA) is 55.1 Å². The number of rotatable bonds is 5. The van der Waals surface area contributed by atoms with E-state index >= 15 is 0 Å². The van der Waals surface area contributed by atoms with Crippen molar-refractivity contribution in [1.82, 2.24) is 15.2 Å². The van der Waals surface area contributed by atoms with E-state index in [1.54, 1.807) is 30.1 Å². The summed E-state index contributed by atoms with van der Waals surface area (Å²) in [5.74, 6) is 0. The van der Waals surface area contributed by atoms with E-state index in [4.69, 9.17) is 4.42 Å². The summed E-state index contributed by atoms with van der Waals surface area (Å²) >= 11 is 1.55. The lowest BCUT2D eigenvalue weighted by molar-refractivity contribution is 0.563. The van der Waals surface area contributed by atoms with Gasteiger partial charge in [0.1, 0.15) is 5.69 Å². The van der Waals surface area contributed by atoms with Crippen LogP contribution < -0.4 is 4.90 Å². The fourth-order valence-corrected chi connectivity index (χ4v) is 2.74. The molecule has 0 aliphatic heterocycles. The molecule has 0 fully saturated rings. The third-order valence-electron chi connectivity index (χ3n) is 2.90. The van der Waals surface area contributed by atoms with Gasteiger partial charge in [-0.15, -0.1) is 10.2 Å². The summed E-state index contributed by atoms with van der Waals surface area (Å²) in [4.78, 5) is 6.46. The average molecular weight is 286 g/mol. The number of nitrogens with zero attached hydrogens (tertiary/aromatic N) is 4. The van der Waals surface area contributed by atoms with Crippen LogP contribution in [0.4, 0.5) is 5.13 Å². The molecule has 3 heterocycles. The lowest BCUT2D eigenvalue weighted by Gasteiger charge is -2.17. The molecule has 0 N–H and O–H groups in total. The quantitative estimate of drug-likeness (QED) is 0.721. The van der Waals surface area contributed by atoms with Crippen LogP contribution in [-0.2, 0) is 6.54 Å². The van der Waals surface area contributed by atoms with Gasteiger partial charge in [0, 0.05) is 24.8 Å². The van der Waals surface area contributed by atoms with Crippen molar-refractivity contribution in [3.63, 3.8) is 0 Å². The Labute approximate surface area is 120 Å². The standard InChI is InChI=1S/C14H14N4OS/c1-2-18(9-11-6-8-19-10-11)14-17-16-13(20-14)12-5-3-4-7-15-12/h3-8,10H,2,9H2,1H3. The van der Waals surface area contributed by atoms with E-state index in [0.29, 0.717) is 0 Å². The molecule has 0 atom stereocenters. The molecule has 3 aromatic heterocycles. The highest BCUT2D eigenvalue weighted by molar-refractivity contribution is 7.18. The molecule has 0 unspecified atom stereocenters. The van der Waals surface area contributed by atoms with Crippen molar-refractivity contribution in [3.8, 4) is 10.7 Å². The average Bonchev–Trinajstić information content (AvgIpc) is 3.17. The summed E-state index contributed by atoms with van der Waals surface area (Å²) in [5, 5.41) is 10.2. The molecule has 3 aromatic rings. The van der Waals surface area contributed by atoms with Crippen molar-refractivity contribution in [1.29, 1.82) is 0 Å². The zero-order chi connectivity index (χ0) is 13.8. The summed E-state index contributed by atoms with van der Waals surface area (Å²) in [6.45, 7) is 3.73. The molecule has 0 bridgehead atoms. The zero-order valence-corrected chi connectivity index (χ0v) is 11.9. The maximum atomic E-state index is 5.10. The summed E-state index contributed by atoms with van der Waals surface area (Å²) in [6, 6.07) is 7.75. The summed E-state index contributed by atoms with van der Waals surface area (Å²) in [6.07, 6.45) is 5.20. The maximum Gasteiger partial charge on any atom is 0.208 e. The van der Waals surface area contributed by atoms with Crippen molar-refractivity contribution in [2.45, 2.75) is 13.5 Å². The Morgan fingerprint density at radius 1 is 1.25 bits per heavy atom. The molecule has 0 aliphatic carbocycles. The van der Waals surface area contributed by atoms with Crippen molar-refractivity contribution in [2.24, 2.45) is 0 Å². The molecule has 0 saturated carbocycles. The summed E-state index contributed by atoms with van der Waals surface area (Å²) < 4.78 is 5.10. The highest BCUT2D eigenvalue weighted by atomic mass is 32.1. The Kier molecular flexibility index (Phi) is 3.73. The monoisotopic (exact) mass is 286 g/mol. The first-order chi connectivity index (χ1) is 9.86. The van der Waals surface area contributed by atoms with Crippen molar-refractivity contribution >= 4 is 16.5 Å². The van der Waals surface area contributed by atoms with Gasteiger partial charge in [-0.3, -0.25) is 4.98 Å². The molecule has 0 aromatic carbocycles. The number of hydrogen-bond donors (Lipinski definition) is 0. The first-order valence-corrected chi connectivity index (χ1v) is 7.19. The molecule has 20 heavy (non-hydrogen) atoms. The van der Waals surface area contributed by atoms with Gasteiger partial charge in [-0.2, -0.15) is 0 Å². The third kappa shape index (κ3) is 2.70. The van der Waals surface area contributed by atoms with E-state index in [1.807, 2.05) is 24.3 Å². The van der Waals surface area contributed by atoms with Gasteiger partial charge in [0.2, 0.25) is 5.13 Å². The van der Waals surface area contributed by atoms with Gasteiger partial charge in [0.15, 0.2) is 5.01 Å². The Hall–Kier alpha value is -2.21. The molecule has 6 heteroatoms. The van der Waals surface area contributed by atoms with Gasteiger partial charge < -0.3 is 9.32 Å². The zero-order valence-electron chi connectivity index (χ0n) is 11.1. The van der Waals surface area contributed by atoms with E-state index in [-0.39, 0.29) is 0 Å². The minimum Gasteiger partial charge on any atom is -0.472 e. The van der Waals surface area contributed by atoms with Crippen LogP contribution in [0.1, 0.15) is 12.5 Å². The Balaban J connectivity index is 1.81. The summed E-state index contributed by atoms with van der Waals surface area (Å²) in [7, 11) is 0. The van der Waals surface area contributed by atoms with Crippen LogP contribution in [0.5, 0.6) is 0 Å². The van der Waals surface area contributed by atoms with Crippen molar-refractivity contribution in [2.75, 3.05) is 11.4 Å². The number of aromatic nitrogens is 3. The third-order valence-corrected chi connectivity index (χ3v) is 3.91. The second-order valence-corrected chi connectivity index (χ2v) is 5.21. The van der Waals surface area contributed by atoms with Crippen LogP contribution in [0.2, 0.25) is 0 Å². The number of pyridine rings is 1. The predicted octanol–water partition coefficient (Wildman–Crippen LogP) is 3.22. The van der Waals surface area contributed by atoms with Gasteiger partial charge in [-0.25, -0.2) is 0 Å². The van der Waals surface area contributed by atoms with Gasteiger partial charge in [-0.05, 0) is 25.1 Å². The molecule has 0 aliphatic rings. The second kappa shape index (κ2) is 5.83. The van der Waals surface area contributed by atoms with Gasteiger partial charge in [-0.1, -0.05) is 17.4 Å². The molecule has 0 radical (unpaired) electrons. The minimum atomic E-state index is 0.768. The molecule has 0 spiro atoms. The van der Waals surface area contributed by atoms with E-state index in [9.17, 15) is 0 Å².